The Morgan fingerprint density at radius 2 is 1.61 bits per heavy atom. The second-order valence-corrected chi connectivity index (χ2v) is 6.89. The van der Waals surface area contributed by atoms with Crippen LogP contribution in [0.15, 0.2) is 64.4 Å². The Bertz CT molecular complexity index is 582. The zero-order chi connectivity index (χ0) is 15.9. The number of hydrogen-bond acceptors (Lipinski definition) is 4. The highest BCUT2D eigenvalue weighted by atomic mass is 32.2. The average molecular weight is 329 g/mol. The Labute approximate surface area is 142 Å². The summed E-state index contributed by atoms with van der Waals surface area (Å²) < 4.78 is 5.35. The molecule has 122 valence electrons. The third-order valence-electron chi connectivity index (χ3n) is 4.07. The fraction of sp³-hybridized carbons (Fsp3) is 0.368. The number of aliphatic hydroxyl groups excluding tert-OH is 1. The summed E-state index contributed by atoms with van der Waals surface area (Å²) in [7, 11) is 0. The third kappa shape index (κ3) is 5.08. The van der Waals surface area contributed by atoms with Crippen molar-refractivity contribution in [1.29, 1.82) is 0 Å². The van der Waals surface area contributed by atoms with Crippen molar-refractivity contribution in [2.75, 3.05) is 32.8 Å². The molecule has 1 aliphatic heterocycles. The van der Waals surface area contributed by atoms with Crippen LogP contribution < -0.4 is 0 Å². The molecule has 0 spiro atoms. The fourth-order valence-corrected chi connectivity index (χ4v) is 3.52. The highest BCUT2D eigenvalue weighted by Gasteiger charge is 2.13. The lowest BCUT2D eigenvalue weighted by Gasteiger charge is -2.27. The lowest BCUT2D eigenvalue weighted by atomic mass is 10.1. The van der Waals surface area contributed by atoms with E-state index in [1.54, 1.807) is 11.8 Å². The highest BCUT2D eigenvalue weighted by Crippen LogP contribution is 2.28. The SMILES string of the molecule is OC(CCN1CCOCC1)c1ccc(Sc2ccccc2)cc1. The summed E-state index contributed by atoms with van der Waals surface area (Å²) in [5.41, 5.74) is 0.996. The molecule has 23 heavy (non-hydrogen) atoms. The van der Waals surface area contributed by atoms with E-state index in [0.717, 1.165) is 44.8 Å². The van der Waals surface area contributed by atoms with Gasteiger partial charge in [-0.25, -0.2) is 0 Å². The molecular weight excluding hydrogens is 306 g/mol. The normalized spacial score (nSPS) is 17.1. The van der Waals surface area contributed by atoms with Gasteiger partial charge in [0, 0.05) is 29.4 Å². The van der Waals surface area contributed by atoms with Crippen molar-refractivity contribution in [3.63, 3.8) is 0 Å². The van der Waals surface area contributed by atoms with Crippen LogP contribution in [0.3, 0.4) is 0 Å². The third-order valence-corrected chi connectivity index (χ3v) is 5.08. The van der Waals surface area contributed by atoms with Gasteiger partial charge < -0.3 is 9.84 Å². The largest absolute Gasteiger partial charge is 0.388 e. The van der Waals surface area contributed by atoms with E-state index >= 15 is 0 Å². The van der Waals surface area contributed by atoms with E-state index in [2.05, 4.69) is 29.2 Å². The maximum atomic E-state index is 10.4. The number of benzene rings is 2. The van der Waals surface area contributed by atoms with E-state index < -0.39 is 6.10 Å². The molecule has 1 aliphatic rings. The zero-order valence-corrected chi connectivity index (χ0v) is 14.0. The van der Waals surface area contributed by atoms with Crippen molar-refractivity contribution in [2.45, 2.75) is 22.3 Å². The van der Waals surface area contributed by atoms with Gasteiger partial charge in [-0.3, -0.25) is 4.90 Å². The molecule has 0 radical (unpaired) electrons. The fourth-order valence-electron chi connectivity index (χ4n) is 2.68. The number of aliphatic hydroxyl groups is 1. The van der Waals surface area contributed by atoms with E-state index in [-0.39, 0.29) is 0 Å². The summed E-state index contributed by atoms with van der Waals surface area (Å²) in [5.74, 6) is 0. The van der Waals surface area contributed by atoms with E-state index in [9.17, 15) is 5.11 Å². The Morgan fingerprint density at radius 3 is 2.30 bits per heavy atom. The maximum absolute atomic E-state index is 10.4. The number of rotatable bonds is 6. The standard InChI is InChI=1S/C19H23NO2S/c21-19(10-11-20-12-14-22-15-13-20)16-6-8-18(9-7-16)23-17-4-2-1-3-5-17/h1-9,19,21H,10-15H2. The van der Waals surface area contributed by atoms with E-state index in [1.165, 1.54) is 9.79 Å². The van der Waals surface area contributed by atoms with Crippen molar-refractivity contribution in [3.8, 4) is 0 Å². The van der Waals surface area contributed by atoms with Gasteiger partial charge in [0.05, 0.1) is 19.3 Å². The number of hydrogen-bond donors (Lipinski definition) is 1. The smallest absolute Gasteiger partial charge is 0.0802 e. The number of morpholine rings is 1. The van der Waals surface area contributed by atoms with Gasteiger partial charge in [0.15, 0.2) is 0 Å². The first kappa shape index (κ1) is 16.5. The van der Waals surface area contributed by atoms with Crippen LogP contribution in [0, 0.1) is 0 Å². The van der Waals surface area contributed by atoms with Crippen LogP contribution in [0.2, 0.25) is 0 Å². The number of nitrogens with zero attached hydrogens (tertiary/aromatic N) is 1. The molecule has 1 heterocycles. The lowest BCUT2D eigenvalue weighted by molar-refractivity contribution is 0.0300. The molecule has 2 aromatic carbocycles. The topological polar surface area (TPSA) is 32.7 Å². The summed E-state index contributed by atoms with van der Waals surface area (Å²) >= 11 is 1.74. The molecule has 0 aliphatic carbocycles. The van der Waals surface area contributed by atoms with Crippen molar-refractivity contribution in [2.24, 2.45) is 0 Å². The predicted molar refractivity (Wildman–Crippen MR) is 93.8 cm³/mol. The second-order valence-electron chi connectivity index (χ2n) is 5.74. The monoisotopic (exact) mass is 329 g/mol. The van der Waals surface area contributed by atoms with Crippen LogP contribution >= 0.6 is 11.8 Å². The lowest BCUT2D eigenvalue weighted by Crippen LogP contribution is -2.37. The molecule has 1 atom stereocenters. The Kier molecular flexibility index (Phi) is 6.11. The Hall–Kier alpha value is -1.33. The summed E-state index contributed by atoms with van der Waals surface area (Å²) in [6.07, 6.45) is 0.374. The molecule has 1 N–H and O–H groups in total. The molecule has 4 heteroatoms. The number of ether oxygens (including phenoxy) is 1. The molecule has 1 fully saturated rings. The van der Waals surface area contributed by atoms with E-state index in [1.807, 2.05) is 30.3 Å². The molecule has 0 amide bonds. The van der Waals surface area contributed by atoms with Gasteiger partial charge in [0.1, 0.15) is 0 Å². The van der Waals surface area contributed by atoms with Gasteiger partial charge in [-0.2, -0.15) is 0 Å². The van der Waals surface area contributed by atoms with Gasteiger partial charge >= 0.3 is 0 Å². The molecule has 0 aromatic heterocycles. The van der Waals surface area contributed by atoms with Crippen molar-refractivity contribution >= 4 is 11.8 Å². The van der Waals surface area contributed by atoms with Crippen molar-refractivity contribution in [1.82, 2.24) is 4.90 Å². The first-order valence-corrected chi connectivity index (χ1v) is 8.94. The molecule has 3 nitrogen and oxygen atoms in total. The van der Waals surface area contributed by atoms with Gasteiger partial charge in [-0.1, -0.05) is 42.1 Å². The Balaban J connectivity index is 1.51. The first-order valence-electron chi connectivity index (χ1n) is 8.12. The summed E-state index contributed by atoms with van der Waals surface area (Å²) in [6, 6.07) is 18.6. The van der Waals surface area contributed by atoms with Gasteiger partial charge in [-0.05, 0) is 36.2 Å². The van der Waals surface area contributed by atoms with Crippen molar-refractivity contribution in [3.05, 3.63) is 60.2 Å². The molecule has 2 aromatic rings. The maximum Gasteiger partial charge on any atom is 0.0802 e. The van der Waals surface area contributed by atoms with Crippen LogP contribution in [0.4, 0.5) is 0 Å². The average Bonchev–Trinajstić information content (AvgIpc) is 2.62. The van der Waals surface area contributed by atoms with Crippen LogP contribution in [0.1, 0.15) is 18.1 Å². The summed E-state index contributed by atoms with van der Waals surface area (Å²) in [4.78, 5) is 4.78. The van der Waals surface area contributed by atoms with Crippen molar-refractivity contribution < 1.29 is 9.84 Å². The van der Waals surface area contributed by atoms with Gasteiger partial charge in [-0.15, -0.1) is 0 Å². The second kappa shape index (κ2) is 8.50. The van der Waals surface area contributed by atoms with Crippen LogP contribution in [-0.2, 0) is 4.74 Å². The molecular formula is C19H23NO2S. The molecule has 3 rings (SSSR count). The summed E-state index contributed by atoms with van der Waals surface area (Å²) in [5, 5.41) is 10.4. The van der Waals surface area contributed by atoms with Crippen LogP contribution in [-0.4, -0.2) is 42.9 Å². The van der Waals surface area contributed by atoms with Crippen LogP contribution in [0.25, 0.3) is 0 Å². The minimum Gasteiger partial charge on any atom is -0.388 e. The van der Waals surface area contributed by atoms with Gasteiger partial charge in [0.25, 0.3) is 0 Å². The predicted octanol–water partition coefficient (Wildman–Crippen LogP) is 3.59. The van der Waals surface area contributed by atoms with E-state index in [0.29, 0.717) is 0 Å². The highest BCUT2D eigenvalue weighted by molar-refractivity contribution is 7.99. The minimum absolute atomic E-state index is 0.395. The van der Waals surface area contributed by atoms with Gasteiger partial charge in [0.2, 0.25) is 0 Å². The molecule has 1 unspecified atom stereocenters. The van der Waals surface area contributed by atoms with E-state index in [4.69, 9.17) is 4.74 Å². The zero-order valence-electron chi connectivity index (χ0n) is 13.2. The van der Waals surface area contributed by atoms with Crippen LogP contribution in [0.5, 0.6) is 0 Å². The molecule has 1 saturated heterocycles. The quantitative estimate of drug-likeness (QED) is 0.878. The first-order chi connectivity index (χ1) is 11.3. The molecule has 0 saturated carbocycles. The minimum atomic E-state index is -0.395. The Morgan fingerprint density at radius 1 is 0.957 bits per heavy atom. The molecule has 0 bridgehead atoms. The summed E-state index contributed by atoms with van der Waals surface area (Å²) in [6.45, 7) is 4.48.